The van der Waals surface area contributed by atoms with Crippen LogP contribution in [0.3, 0.4) is 0 Å². The lowest BCUT2D eigenvalue weighted by Gasteiger charge is -2.36. The molecular weight excluding hydrogens is 456 g/mol. The highest BCUT2D eigenvalue weighted by atomic mass is 79.9. The second kappa shape index (κ2) is 8.93. The molecule has 1 amide bonds. The molecule has 160 valence electrons. The molecule has 1 aromatic heterocycles. The second-order valence-electron chi connectivity index (χ2n) is 8.32. The Hall–Kier alpha value is -2.51. The van der Waals surface area contributed by atoms with E-state index in [1.807, 2.05) is 35.2 Å². The van der Waals surface area contributed by atoms with Gasteiger partial charge >= 0.3 is 0 Å². The lowest BCUT2D eigenvalue weighted by Crippen LogP contribution is -2.46. The van der Waals surface area contributed by atoms with Crippen LogP contribution in [0, 0.1) is 5.92 Å². The van der Waals surface area contributed by atoms with E-state index in [0.29, 0.717) is 18.3 Å². The molecule has 2 aromatic carbocycles. The van der Waals surface area contributed by atoms with E-state index in [2.05, 4.69) is 49.2 Å². The van der Waals surface area contributed by atoms with E-state index in [1.165, 1.54) is 5.56 Å². The lowest BCUT2D eigenvalue weighted by molar-refractivity contribution is -0.124. The summed E-state index contributed by atoms with van der Waals surface area (Å²) in [5, 5.41) is 4.13. The fraction of sp³-hybridized carbons (Fsp3) is 0.375. The number of hydrogen-bond acceptors (Lipinski definition) is 5. The van der Waals surface area contributed by atoms with Gasteiger partial charge in [0.1, 0.15) is 0 Å². The summed E-state index contributed by atoms with van der Waals surface area (Å²) in [4.78, 5) is 22.2. The van der Waals surface area contributed by atoms with Gasteiger partial charge in [0.2, 0.25) is 17.6 Å². The maximum atomic E-state index is 13.4. The lowest BCUT2D eigenvalue weighted by atomic mass is 9.94. The minimum Gasteiger partial charge on any atom is -0.338 e. The summed E-state index contributed by atoms with van der Waals surface area (Å²) in [5.41, 5.74) is 3.29. The Morgan fingerprint density at radius 2 is 1.94 bits per heavy atom. The van der Waals surface area contributed by atoms with E-state index in [4.69, 9.17) is 4.52 Å². The quantitative estimate of drug-likeness (QED) is 0.541. The molecule has 6 nitrogen and oxygen atoms in total. The minimum atomic E-state index is 0.00812. The molecule has 0 radical (unpaired) electrons. The number of piperidine rings is 1. The molecule has 0 spiro atoms. The van der Waals surface area contributed by atoms with Crippen molar-refractivity contribution in [3.05, 3.63) is 64.5 Å². The Bertz CT molecular complexity index is 1070. The summed E-state index contributed by atoms with van der Waals surface area (Å²) in [5.74, 6) is 1.44. The maximum Gasteiger partial charge on any atom is 0.241 e. The molecule has 2 aliphatic heterocycles. The largest absolute Gasteiger partial charge is 0.338 e. The number of carbonyl (C=O) groups is 1. The fourth-order valence-electron chi connectivity index (χ4n) is 4.61. The van der Waals surface area contributed by atoms with Crippen molar-refractivity contribution in [2.45, 2.75) is 32.2 Å². The number of para-hydroxylation sites is 1. The van der Waals surface area contributed by atoms with Crippen molar-refractivity contribution in [1.82, 2.24) is 15.0 Å². The first-order valence-corrected chi connectivity index (χ1v) is 11.7. The van der Waals surface area contributed by atoms with Crippen LogP contribution in [0.15, 0.2) is 57.5 Å². The third-order valence-corrected chi connectivity index (χ3v) is 6.69. The van der Waals surface area contributed by atoms with Gasteiger partial charge in [-0.2, -0.15) is 4.98 Å². The Balaban J connectivity index is 1.25. The SMILES string of the molecule is O=C(C1CCCN(Cc2nc(-c3ccc(Br)cc3)no2)C1)N1CCCc2ccccc21. The van der Waals surface area contributed by atoms with Crippen LogP contribution in [0.2, 0.25) is 0 Å². The zero-order valence-electron chi connectivity index (χ0n) is 17.3. The van der Waals surface area contributed by atoms with E-state index < -0.39 is 0 Å². The van der Waals surface area contributed by atoms with Gasteiger partial charge in [-0.15, -0.1) is 0 Å². The zero-order chi connectivity index (χ0) is 21.2. The van der Waals surface area contributed by atoms with Crippen LogP contribution in [-0.4, -0.2) is 40.6 Å². The number of benzene rings is 2. The predicted octanol–water partition coefficient (Wildman–Crippen LogP) is 4.69. The molecule has 5 rings (SSSR count). The number of aromatic nitrogens is 2. The first kappa shape index (κ1) is 20.4. The van der Waals surface area contributed by atoms with Crippen molar-refractivity contribution in [2.75, 3.05) is 24.5 Å². The Morgan fingerprint density at radius 3 is 2.81 bits per heavy atom. The van der Waals surface area contributed by atoms with Gasteiger partial charge in [-0.25, -0.2) is 0 Å². The summed E-state index contributed by atoms with van der Waals surface area (Å²) >= 11 is 3.44. The summed E-state index contributed by atoms with van der Waals surface area (Å²) in [6.45, 7) is 3.06. The van der Waals surface area contributed by atoms with Gasteiger partial charge in [0.25, 0.3) is 0 Å². The number of fused-ring (bicyclic) bond motifs is 1. The number of rotatable bonds is 4. The van der Waals surface area contributed by atoms with Crippen molar-refractivity contribution in [2.24, 2.45) is 5.92 Å². The molecule has 1 saturated heterocycles. The van der Waals surface area contributed by atoms with Crippen LogP contribution in [0.5, 0.6) is 0 Å². The van der Waals surface area contributed by atoms with Crippen molar-refractivity contribution in [3.63, 3.8) is 0 Å². The highest BCUT2D eigenvalue weighted by Crippen LogP contribution is 2.30. The Labute approximate surface area is 190 Å². The highest BCUT2D eigenvalue weighted by Gasteiger charge is 2.32. The van der Waals surface area contributed by atoms with Gasteiger partial charge in [-0.3, -0.25) is 9.69 Å². The van der Waals surface area contributed by atoms with Gasteiger partial charge in [0.05, 0.1) is 12.5 Å². The van der Waals surface area contributed by atoms with E-state index in [1.54, 1.807) is 0 Å². The molecule has 31 heavy (non-hydrogen) atoms. The molecule has 1 fully saturated rings. The molecule has 0 N–H and O–H groups in total. The molecular formula is C24H25BrN4O2. The number of amides is 1. The molecule has 3 aromatic rings. The summed E-state index contributed by atoms with van der Waals surface area (Å²) in [6.07, 6.45) is 4.01. The van der Waals surface area contributed by atoms with Gasteiger partial charge in [0.15, 0.2) is 0 Å². The number of hydrogen-bond donors (Lipinski definition) is 0. The number of halogens is 1. The summed E-state index contributed by atoms with van der Waals surface area (Å²) in [6, 6.07) is 16.2. The topological polar surface area (TPSA) is 62.5 Å². The standard InChI is InChI=1S/C24H25BrN4O2/c25-20-11-9-18(10-12-20)23-26-22(31-27-23)16-28-13-3-7-19(15-28)24(30)29-14-4-6-17-5-1-2-8-21(17)29/h1-2,5,8-12,19H,3-4,6-7,13-16H2. The average molecular weight is 481 g/mol. The van der Waals surface area contributed by atoms with Crippen LogP contribution in [0.4, 0.5) is 5.69 Å². The van der Waals surface area contributed by atoms with Crippen LogP contribution in [0.25, 0.3) is 11.4 Å². The van der Waals surface area contributed by atoms with Gasteiger partial charge in [-0.05, 0) is 68.1 Å². The predicted molar refractivity (Wildman–Crippen MR) is 123 cm³/mol. The maximum absolute atomic E-state index is 13.4. The number of anilines is 1. The normalized spacial score (nSPS) is 19.3. The van der Waals surface area contributed by atoms with Crippen molar-refractivity contribution >= 4 is 27.5 Å². The van der Waals surface area contributed by atoms with E-state index >= 15 is 0 Å². The number of aryl methyl sites for hydroxylation is 1. The van der Waals surface area contributed by atoms with E-state index in [9.17, 15) is 4.79 Å². The number of nitrogens with zero attached hydrogens (tertiary/aromatic N) is 4. The smallest absolute Gasteiger partial charge is 0.241 e. The molecule has 0 saturated carbocycles. The molecule has 7 heteroatoms. The molecule has 3 heterocycles. The summed E-state index contributed by atoms with van der Waals surface area (Å²) < 4.78 is 6.51. The third kappa shape index (κ3) is 4.43. The van der Waals surface area contributed by atoms with Crippen LogP contribution in [0.1, 0.15) is 30.7 Å². The monoisotopic (exact) mass is 480 g/mol. The van der Waals surface area contributed by atoms with Crippen LogP contribution in [-0.2, 0) is 17.8 Å². The minimum absolute atomic E-state index is 0.00812. The van der Waals surface area contributed by atoms with Gasteiger partial charge in [-0.1, -0.05) is 39.3 Å². The number of likely N-dealkylation sites (tertiary alicyclic amines) is 1. The average Bonchev–Trinajstić information content (AvgIpc) is 3.27. The molecule has 2 aliphatic rings. The van der Waals surface area contributed by atoms with Gasteiger partial charge < -0.3 is 9.42 Å². The van der Waals surface area contributed by atoms with Crippen molar-refractivity contribution in [3.8, 4) is 11.4 Å². The molecule has 0 aliphatic carbocycles. The first-order valence-electron chi connectivity index (χ1n) is 10.9. The van der Waals surface area contributed by atoms with Crippen molar-refractivity contribution in [1.29, 1.82) is 0 Å². The third-order valence-electron chi connectivity index (χ3n) is 6.16. The van der Waals surface area contributed by atoms with E-state index in [0.717, 1.165) is 61.0 Å². The van der Waals surface area contributed by atoms with Crippen LogP contribution >= 0.6 is 15.9 Å². The second-order valence-corrected chi connectivity index (χ2v) is 9.23. The Kier molecular flexibility index (Phi) is 5.87. The molecule has 1 atom stereocenters. The van der Waals surface area contributed by atoms with Gasteiger partial charge in [0, 0.05) is 28.8 Å². The summed E-state index contributed by atoms with van der Waals surface area (Å²) in [7, 11) is 0. The number of carbonyl (C=O) groups excluding carboxylic acids is 1. The van der Waals surface area contributed by atoms with Crippen molar-refractivity contribution < 1.29 is 9.32 Å². The van der Waals surface area contributed by atoms with E-state index in [-0.39, 0.29) is 11.8 Å². The molecule has 1 unspecified atom stereocenters. The highest BCUT2D eigenvalue weighted by molar-refractivity contribution is 9.10. The Morgan fingerprint density at radius 1 is 1.10 bits per heavy atom. The zero-order valence-corrected chi connectivity index (χ0v) is 18.9. The fourth-order valence-corrected chi connectivity index (χ4v) is 4.87. The van der Waals surface area contributed by atoms with Crippen LogP contribution < -0.4 is 4.90 Å². The molecule has 0 bridgehead atoms. The first-order chi connectivity index (χ1) is 15.2.